The zero-order valence-corrected chi connectivity index (χ0v) is 8.92. The summed E-state index contributed by atoms with van der Waals surface area (Å²) in [6, 6.07) is 0. The lowest BCUT2D eigenvalue weighted by molar-refractivity contribution is 0.193. The van der Waals surface area contributed by atoms with Crippen LogP contribution in [0.5, 0.6) is 0 Å². The summed E-state index contributed by atoms with van der Waals surface area (Å²) in [5, 5.41) is 12.0. The number of aliphatic hydroxyl groups excluding tert-OH is 1. The van der Waals surface area contributed by atoms with Crippen molar-refractivity contribution in [1.29, 1.82) is 0 Å². The highest BCUT2D eigenvalue weighted by molar-refractivity contribution is 7.09. The monoisotopic (exact) mass is 213 g/mol. The van der Waals surface area contributed by atoms with Crippen LogP contribution in [0.25, 0.3) is 0 Å². The van der Waals surface area contributed by atoms with E-state index in [1.165, 1.54) is 5.69 Å². The molecule has 78 valence electrons. The number of aliphatic hydroxyl groups is 1. The van der Waals surface area contributed by atoms with Gasteiger partial charge < -0.3 is 9.84 Å². The molecule has 1 aliphatic heterocycles. The van der Waals surface area contributed by atoms with Crippen LogP contribution in [0.15, 0.2) is 5.38 Å². The Labute approximate surface area is 87.7 Å². The number of ether oxygens (including phenoxy) is 1. The maximum absolute atomic E-state index is 8.70. The van der Waals surface area contributed by atoms with Crippen molar-refractivity contribution in [3.05, 3.63) is 16.1 Å². The molecule has 0 aliphatic carbocycles. The first-order chi connectivity index (χ1) is 6.90. The molecule has 0 bridgehead atoms. The topological polar surface area (TPSA) is 42.4 Å². The van der Waals surface area contributed by atoms with Crippen LogP contribution in [0.3, 0.4) is 0 Å². The highest BCUT2D eigenvalue weighted by Crippen LogP contribution is 2.26. The van der Waals surface area contributed by atoms with Gasteiger partial charge in [-0.05, 0) is 12.8 Å². The lowest BCUT2D eigenvalue weighted by atomic mass is 10.1. The van der Waals surface area contributed by atoms with Gasteiger partial charge in [0.05, 0.1) is 17.3 Å². The molecule has 3 nitrogen and oxygen atoms in total. The Kier molecular flexibility index (Phi) is 3.50. The minimum Gasteiger partial charge on any atom is -0.396 e. The smallest absolute Gasteiger partial charge is 0.0929 e. The average Bonchev–Trinajstić information content (AvgIpc) is 2.85. The van der Waals surface area contributed by atoms with Gasteiger partial charge in [-0.15, -0.1) is 11.3 Å². The van der Waals surface area contributed by atoms with E-state index >= 15 is 0 Å². The molecule has 1 aromatic rings. The standard InChI is InChI=1S/C10H15NO2S/c12-4-1-2-10-11-9(7-14-10)8-3-5-13-6-8/h7-8,12H,1-6H2. The summed E-state index contributed by atoms with van der Waals surface area (Å²) in [5.74, 6) is 0.508. The third-order valence-electron chi connectivity index (χ3n) is 2.47. The predicted molar refractivity (Wildman–Crippen MR) is 55.7 cm³/mol. The second-order valence-electron chi connectivity index (χ2n) is 3.55. The van der Waals surface area contributed by atoms with E-state index in [0.717, 1.165) is 37.5 Å². The van der Waals surface area contributed by atoms with Gasteiger partial charge in [-0.2, -0.15) is 0 Å². The zero-order valence-electron chi connectivity index (χ0n) is 8.11. The number of hydrogen-bond donors (Lipinski definition) is 1. The third-order valence-corrected chi connectivity index (χ3v) is 3.39. The van der Waals surface area contributed by atoms with Gasteiger partial charge in [0.1, 0.15) is 0 Å². The number of aryl methyl sites for hydroxylation is 1. The van der Waals surface area contributed by atoms with Crippen LogP contribution in [0.2, 0.25) is 0 Å². The molecule has 2 heterocycles. The van der Waals surface area contributed by atoms with Crippen molar-refractivity contribution in [2.75, 3.05) is 19.8 Å². The SMILES string of the molecule is OCCCc1nc(C2CCOC2)cs1. The van der Waals surface area contributed by atoms with E-state index in [-0.39, 0.29) is 6.61 Å². The molecule has 1 fully saturated rings. The Morgan fingerprint density at radius 3 is 3.29 bits per heavy atom. The Hall–Kier alpha value is -0.450. The molecule has 4 heteroatoms. The summed E-state index contributed by atoms with van der Waals surface area (Å²) in [5.41, 5.74) is 1.18. The second kappa shape index (κ2) is 4.87. The minimum absolute atomic E-state index is 0.251. The summed E-state index contributed by atoms with van der Waals surface area (Å²) in [7, 11) is 0. The molecular weight excluding hydrogens is 198 g/mol. The molecule has 1 N–H and O–H groups in total. The van der Waals surface area contributed by atoms with E-state index in [2.05, 4.69) is 10.4 Å². The number of aromatic nitrogens is 1. The summed E-state index contributed by atoms with van der Waals surface area (Å²) >= 11 is 1.70. The Morgan fingerprint density at radius 2 is 2.57 bits per heavy atom. The van der Waals surface area contributed by atoms with Gasteiger partial charge in [0.25, 0.3) is 0 Å². The van der Waals surface area contributed by atoms with Crippen LogP contribution in [-0.4, -0.2) is 29.9 Å². The molecule has 14 heavy (non-hydrogen) atoms. The van der Waals surface area contributed by atoms with Crippen LogP contribution < -0.4 is 0 Å². The van der Waals surface area contributed by atoms with Crippen LogP contribution in [-0.2, 0) is 11.2 Å². The second-order valence-corrected chi connectivity index (χ2v) is 4.50. The normalized spacial score (nSPS) is 21.6. The molecule has 1 aromatic heterocycles. The Bertz CT molecular complexity index is 281. The van der Waals surface area contributed by atoms with Gasteiger partial charge in [0.2, 0.25) is 0 Å². The molecular formula is C10H15NO2S. The number of hydrogen-bond acceptors (Lipinski definition) is 4. The van der Waals surface area contributed by atoms with E-state index in [9.17, 15) is 0 Å². The quantitative estimate of drug-likeness (QED) is 0.825. The van der Waals surface area contributed by atoms with Gasteiger partial charge in [0, 0.05) is 30.9 Å². The van der Waals surface area contributed by atoms with Gasteiger partial charge in [-0.3, -0.25) is 0 Å². The first-order valence-electron chi connectivity index (χ1n) is 5.03. The lowest BCUT2D eigenvalue weighted by Crippen LogP contribution is -1.98. The van der Waals surface area contributed by atoms with E-state index in [4.69, 9.17) is 9.84 Å². The number of thiazole rings is 1. The molecule has 0 aromatic carbocycles. The lowest BCUT2D eigenvalue weighted by Gasteiger charge is -2.01. The van der Waals surface area contributed by atoms with E-state index in [1.807, 2.05) is 0 Å². The molecule has 0 radical (unpaired) electrons. The zero-order chi connectivity index (χ0) is 9.80. The van der Waals surface area contributed by atoms with Crippen LogP contribution in [0, 0.1) is 0 Å². The first-order valence-corrected chi connectivity index (χ1v) is 5.91. The maximum atomic E-state index is 8.70. The molecule has 1 unspecified atom stereocenters. The van der Waals surface area contributed by atoms with E-state index in [0.29, 0.717) is 5.92 Å². The fraction of sp³-hybridized carbons (Fsp3) is 0.700. The van der Waals surface area contributed by atoms with Gasteiger partial charge in [-0.1, -0.05) is 0 Å². The number of rotatable bonds is 4. The van der Waals surface area contributed by atoms with Crippen molar-refractivity contribution in [2.24, 2.45) is 0 Å². The van der Waals surface area contributed by atoms with Crippen molar-refractivity contribution in [3.63, 3.8) is 0 Å². The summed E-state index contributed by atoms with van der Waals surface area (Å²) in [6.07, 6.45) is 2.81. The highest BCUT2D eigenvalue weighted by Gasteiger charge is 2.20. The van der Waals surface area contributed by atoms with Gasteiger partial charge in [0.15, 0.2) is 0 Å². The van der Waals surface area contributed by atoms with Crippen molar-refractivity contribution in [3.8, 4) is 0 Å². The molecule has 0 saturated carbocycles. The maximum Gasteiger partial charge on any atom is 0.0929 e. The fourth-order valence-corrected chi connectivity index (χ4v) is 2.55. The average molecular weight is 213 g/mol. The molecule has 1 atom stereocenters. The molecule has 2 rings (SSSR count). The number of nitrogens with zero attached hydrogens (tertiary/aromatic N) is 1. The van der Waals surface area contributed by atoms with Crippen molar-refractivity contribution >= 4 is 11.3 Å². The van der Waals surface area contributed by atoms with Crippen LogP contribution in [0.1, 0.15) is 29.5 Å². The first kappa shape index (κ1) is 10.1. The molecule has 0 amide bonds. The fourth-order valence-electron chi connectivity index (χ4n) is 1.63. The highest BCUT2D eigenvalue weighted by atomic mass is 32.1. The molecule has 1 aliphatic rings. The van der Waals surface area contributed by atoms with Crippen LogP contribution >= 0.6 is 11.3 Å². The van der Waals surface area contributed by atoms with Crippen molar-refractivity contribution in [1.82, 2.24) is 4.98 Å². The minimum atomic E-state index is 0.251. The molecule has 1 saturated heterocycles. The van der Waals surface area contributed by atoms with E-state index in [1.54, 1.807) is 11.3 Å². The van der Waals surface area contributed by atoms with Crippen molar-refractivity contribution < 1.29 is 9.84 Å². The Morgan fingerprint density at radius 1 is 1.64 bits per heavy atom. The summed E-state index contributed by atoms with van der Waals surface area (Å²) in [6.45, 7) is 1.94. The van der Waals surface area contributed by atoms with Gasteiger partial charge in [-0.25, -0.2) is 4.98 Å². The summed E-state index contributed by atoms with van der Waals surface area (Å²) in [4.78, 5) is 4.56. The largest absolute Gasteiger partial charge is 0.396 e. The predicted octanol–water partition coefficient (Wildman–Crippen LogP) is 1.57. The third kappa shape index (κ3) is 2.32. The van der Waals surface area contributed by atoms with Gasteiger partial charge >= 0.3 is 0 Å². The Balaban J connectivity index is 1.94. The molecule has 0 spiro atoms. The van der Waals surface area contributed by atoms with E-state index < -0.39 is 0 Å². The van der Waals surface area contributed by atoms with Crippen molar-refractivity contribution in [2.45, 2.75) is 25.2 Å². The summed E-state index contributed by atoms with van der Waals surface area (Å²) < 4.78 is 5.33. The van der Waals surface area contributed by atoms with Crippen LogP contribution in [0.4, 0.5) is 0 Å².